The molecule has 14 heavy (non-hydrogen) atoms. The predicted octanol–water partition coefficient (Wildman–Crippen LogP) is 2.21. The number of rotatable bonds is 1. The number of aromatic nitrogens is 2. The van der Waals surface area contributed by atoms with E-state index >= 15 is 0 Å². The molecule has 1 saturated heterocycles. The van der Waals surface area contributed by atoms with Crippen LogP contribution in [0.4, 0.5) is 0 Å². The second-order valence-corrected chi connectivity index (χ2v) is 5.36. The van der Waals surface area contributed by atoms with E-state index in [9.17, 15) is 0 Å². The summed E-state index contributed by atoms with van der Waals surface area (Å²) in [4.78, 5) is 0. The summed E-state index contributed by atoms with van der Waals surface area (Å²) >= 11 is 3.55. The van der Waals surface area contributed by atoms with Crippen molar-refractivity contribution in [1.82, 2.24) is 9.78 Å². The Morgan fingerprint density at radius 2 is 2.50 bits per heavy atom. The van der Waals surface area contributed by atoms with E-state index < -0.39 is 0 Å². The number of aryl methyl sites for hydroxylation is 1. The van der Waals surface area contributed by atoms with Crippen LogP contribution in [0.5, 0.6) is 0 Å². The van der Waals surface area contributed by atoms with E-state index in [0.29, 0.717) is 6.10 Å². The second-order valence-electron chi connectivity index (χ2n) is 4.51. The van der Waals surface area contributed by atoms with Crippen LogP contribution >= 0.6 is 15.9 Å². The molecule has 1 saturated carbocycles. The summed E-state index contributed by atoms with van der Waals surface area (Å²) in [6.45, 7) is 2.29. The first kappa shape index (κ1) is 8.92. The van der Waals surface area contributed by atoms with E-state index in [2.05, 4.69) is 28.0 Å². The summed E-state index contributed by atoms with van der Waals surface area (Å²) in [5, 5.41) is 4.25. The van der Waals surface area contributed by atoms with Crippen LogP contribution in [0.15, 0.2) is 10.7 Å². The van der Waals surface area contributed by atoms with Gasteiger partial charge in [0.05, 0.1) is 22.5 Å². The van der Waals surface area contributed by atoms with Crippen LogP contribution in [0.25, 0.3) is 0 Å². The predicted molar refractivity (Wildman–Crippen MR) is 55.9 cm³/mol. The molecule has 0 N–H and O–H groups in total. The van der Waals surface area contributed by atoms with E-state index in [0.717, 1.165) is 16.8 Å². The van der Waals surface area contributed by atoms with E-state index in [4.69, 9.17) is 4.74 Å². The van der Waals surface area contributed by atoms with Crippen molar-refractivity contribution in [3.05, 3.63) is 16.4 Å². The Hall–Kier alpha value is -0.350. The molecule has 76 valence electrons. The Morgan fingerprint density at radius 3 is 3.00 bits per heavy atom. The lowest BCUT2D eigenvalue weighted by Gasteiger charge is -2.12. The SMILES string of the molecule is C[C@@H]1C[C@@H]2O[C@]2(c2c(Br)cnn2C)C1. The van der Waals surface area contributed by atoms with Crippen LogP contribution < -0.4 is 0 Å². The van der Waals surface area contributed by atoms with E-state index in [1.807, 2.05) is 17.9 Å². The Morgan fingerprint density at radius 1 is 1.71 bits per heavy atom. The van der Waals surface area contributed by atoms with Gasteiger partial charge in [-0.1, -0.05) is 6.92 Å². The van der Waals surface area contributed by atoms with Crippen molar-refractivity contribution in [3.63, 3.8) is 0 Å². The fourth-order valence-electron chi connectivity index (χ4n) is 2.80. The monoisotopic (exact) mass is 256 g/mol. The van der Waals surface area contributed by atoms with Crippen LogP contribution in [0.3, 0.4) is 0 Å². The fraction of sp³-hybridized carbons (Fsp3) is 0.700. The zero-order chi connectivity index (χ0) is 9.92. The number of fused-ring (bicyclic) bond motifs is 1. The molecule has 1 aliphatic carbocycles. The van der Waals surface area contributed by atoms with Gasteiger partial charge in [-0.25, -0.2) is 0 Å². The largest absolute Gasteiger partial charge is 0.359 e. The molecule has 3 nitrogen and oxygen atoms in total. The van der Waals surface area contributed by atoms with Gasteiger partial charge in [0.1, 0.15) is 5.60 Å². The highest BCUT2D eigenvalue weighted by molar-refractivity contribution is 9.10. The highest BCUT2D eigenvalue weighted by Crippen LogP contribution is 2.60. The summed E-state index contributed by atoms with van der Waals surface area (Å²) in [6.07, 6.45) is 4.61. The highest BCUT2D eigenvalue weighted by atomic mass is 79.9. The third-order valence-electron chi connectivity index (χ3n) is 3.38. The maximum Gasteiger partial charge on any atom is 0.138 e. The van der Waals surface area contributed by atoms with Crippen molar-refractivity contribution in [2.45, 2.75) is 31.5 Å². The molecule has 0 bridgehead atoms. The molecule has 3 atom stereocenters. The maximum atomic E-state index is 5.83. The standard InChI is InChI=1S/C10H13BrN2O/c1-6-3-8-10(4-6,14-8)9-7(11)5-12-13(9)2/h5-6,8H,3-4H2,1-2H3/t6-,8+,10-/m1/s1. The molecule has 0 aromatic carbocycles. The van der Waals surface area contributed by atoms with Crippen molar-refractivity contribution in [2.24, 2.45) is 13.0 Å². The average Bonchev–Trinajstić information content (AvgIpc) is 2.49. The summed E-state index contributed by atoms with van der Waals surface area (Å²) in [6, 6.07) is 0. The summed E-state index contributed by atoms with van der Waals surface area (Å²) < 4.78 is 8.84. The summed E-state index contributed by atoms with van der Waals surface area (Å²) in [7, 11) is 1.98. The Labute approximate surface area is 91.6 Å². The number of nitrogens with zero attached hydrogens (tertiary/aromatic N) is 2. The smallest absolute Gasteiger partial charge is 0.138 e. The van der Waals surface area contributed by atoms with Crippen LogP contribution in [0.1, 0.15) is 25.5 Å². The summed E-state index contributed by atoms with van der Waals surface area (Å²) in [5.41, 5.74) is 1.20. The molecule has 1 aliphatic heterocycles. The average molecular weight is 257 g/mol. The van der Waals surface area contributed by atoms with Gasteiger partial charge in [0.2, 0.25) is 0 Å². The molecule has 4 heteroatoms. The molecular weight excluding hydrogens is 244 g/mol. The fourth-order valence-corrected chi connectivity index (χ4v) is 3.48. The van der Waals surface area contributed by atoms with Gasteiger partial charge in [0, 0.05) is 7.05 Å². The van der Waals surface area contributed by atoms with Gasteiger partial charge in [0.15, 0.2) is 0 Å². The molecule has 3 rings (SSSR count). The Bertz CT molecular complexity index is 370. The number of hydrogen-bond donors (Lipinski definition) is 0. The van der Waals surface area contributed by atoms with Crippen molar-refractivity contribution in [3.8, 4) is 0 Å². The number of hydrogen-bond acceptors (Lipinski definition) is 2. The minimum Gasteiger partial charge on any atom is -0.359 e. The second kappa shape index (κ2) is 2.61. The molecule has 1 aromatic heterocycles. The third-order valence-corrected chi connectivity index (χ3v) is 3.96. The van der Waals surface area contributed by atoms with Crippen molar-refractivity contribution < 1.29 is 4.74 Å². The highest BCUT2D eigenvalue weighted by Gasteiger charge is 2.64. The van der Waals surface area contributed by atoms with Crippen LogP contribution in [0, 0.1) is 5.92 Å². The van der Waals surface area contributed by atoms with Gasteiger partial charge >= 0.3 is 0 Å². The van der Waals surface area contributed by atoms with Gasteiger partial charge in [-0.2, -0.15) is 5.10 Å². The maximum absolute atomic E-state index is 5.83. The number of halogens is 1. The molecule has 0 radical (unpaired) electrons. The van der Waals surface area contributed by atoms with Crippen LogP contribution in [-0.2, 0) is 17.4 Å². The first-order valence-corrected chi connectivity index (χ1v) is 5.78. The quantitative estimate of drug-likeness (QED) is 0.722. The molecule has 1 aromatic rings. The van der Waals surface area contributed by atoms with Gasteiger partial charge in [-0.3, -0.25) is 4.68 Å². The Balaban J connectivity index is 2.04. The van der Waals surface area contributed by atoms with Gasteiger partial charge in [0.25, 0.3) is 0 Å². The lowest BCUT2D eigenvalue weighted by atomic mass is 10.0. The van der Waals surface area contributed by atoms with Gasteiger partial charge in [-0.05, 0) is 34.7 Å². The van der Waals surface area contributed by atoms with Crippen molar-refractivity contribution in [2.75, 3.05) is 0 Å². The molecule has 2 heterocycles. The normalized spacial score (nSPS) is 39.9. The number of ether oxygens (including phenoxy) is 1. The summed E-state index contributed by atoms with van der Waals surface area (Å²) in [5.74, 6) is 0.774. The molecule has 2 aliphatic rings. The topological polar surface area (TPSA) is 30.4 Å². The zero-order valence-electron chi connectivity index (χ0n) is 8.33. The molecule has 0 amide bonds. The van der Waals surface area contributed by atoms with E-state index in [1.54, 1.807) is 0 Å². The van der Waals surface area contributed by atoms with E-state index in [-0.39, 0.29) is 5.60 Å². The lowest BCUT2D eigenvalue weighted by molar-refractivity contribution is 0.213. The first-order chi connectivity index (χ1) is 6.63. The molecular formula is C10H13BrN2O. The third kappa shape index (κ3) is 0.984. The van der Waals surface area contributed by atoms with Crippen LogP contribution in [-0.4, -0.2) is 15.9 Å². The molecule has 2 fully saturated rings. The lowest BCUT2D eigenvalue weighted by Crippen LogP contribution is -2.14. The number of epoxide rings is 1. The van der Waals surface area contributed by atoms with Crippen molar-refractivity contribution in [1.29, 1.82) is 0 Å². The zero-order valence-corrected chi connectivity index (χ0v) is 9.91. The van der Waals surface area contributed by atoms with Crippen LogP contribution in [0.2, 0.25) is 0 Å². The molecule has 0 unspecified atom stereocenters. The Kier molecular flexibility index (Phi) is 1.66. The minimum absolute atomic E-state index is 0.0104. The van der Waals surface area contributed by atoms with E-state index in [1.165, 1.54) is 12.1 Å². The van der Waals surface area contributed by atoms with Gasteiger partial charge < -0.3 is 4.74 Å². The molecule has 0 spiro atoms. The first-order valence-electron chi connectivity index (χ1n) is 4.99. The minimum atomic E-state index is -0.0104. The van der Waals surface area contributed by atoms with Crippen molar-refractivity contribution >= 4 is 15.9 Å². The van der Waals surface area contributed by atoms with Gasteiger partial charge in [-0.15, -0.1) is 0 Å².